The number of benzene rings is 1. The number of halogens is 2. The first-order valence-electron chi connectivity index (χ1n) is 8.02. The highest BCUT2D eigenvalue weighted by Crippen LogP contribution is 2.10. The Bertz CT molecular complexity index is 461. The molecule has 0 saturated heterocycles. The lowest BCUT2D eigenvalue weighted by atomic mass is 10.1. The minimum atomic E-state index is 0. The van der Waals surface area contributed by atoms with E-state index in [0.717, 1.165) is 49.9 Å². The highest BCUT2D eigenvalue weighted by molar-refractivity contribution is 14.0. The summed E-state index contributed by atoms with van der Waals surface area (Å²) in [6, 6.07) is 7.92. The van der Waals surface area contributed by atoms with Crippen LogP contribution < -0.4 is 10.6 Å². The summed E-state index contributed by atoms with van der Waals surface area (Å²) in [5, 5.41) is 7.38. The Labute approximate surface area is 167 Å². The molecule has 1 rings (SSSR count). The molecular weight excluding hydrogens is 441 g/mol. The Morgan fingerprint density at radius 3 is 2.62 bits per heavy atom. The van der Waals surface area contributed by atoms with Gasteiger partial charge in [-0.25, -0.2) is 0 Å². The normalized spacial score (nSPS) is 11.0. The standard InChI is InChI=1S/C17H28ClN3O2.HI/c1-19-17(20-9-3-4-11-23-13-12-22-2)21-10-8-15-6-5-7-16(18)14-15;/h5-7,14H,3-4,8-13H2,1-2H3,(H2,19,20,21);1H. The first kappa shape index (κ1) is 23.4. The maximum atomic E-state index is 5.98. The molecule has 0 heterocycles. The summed E-state index contributed by atoms with van der Waals surface area (Å²) in [7, 11) is 3.46. The van der Waals surface area contributed by atoms with E-state index in [1.807, 2.05) is 18.2 Å². The van der Waals surface area contributed by atoms with Gasteiger partial charge >= 0.3 is 0 Å². The lowest BCUT2D eigenvalue weighted by Gasteiger charge is -2.12. The molecule has 0 aromatic heterocycles. The first-order chi connectivity index (χ1) is 11.3. The molecule has 0 radical (unpaired) electrons. The van der Waals surface area contributed by atoms with Crippen LogP contribution in [-0.4, -0.2) is 53.0 Å². The van der Waals surface area contributed by atoms with Crippen LogP contribution in [0.4, 0.5) is 0 Å². The fourth-order valence-electron chi connectivity index (χ4n) is 2.02. The third-order valence-corrected chi connectivity index (χ3v) is 3.49. The van der Waals surface area contributed by atoms with Crippen LogP contribution in [0.1, 0.15) is 18.4 Å². The molecule has 0 aliphatic carbocycles. The Morgan fingerprint density at radius 1 is 1.12 bits per heavy atom. The SMILES string of the molecule is CN=C(NCCCCOCCOC)NCCc1cccc(Cl)c1.I. The van der Waals surface area contributed by atoms with Gasteiger partial charge in [0, 0.05) is 38.9 Å². The van der Waals surface area contributed by atoms with Crippen molar-refractivity contribution in [2.45, 2.75) is 19.3 Å². The number of aliphatic imine (C=N–C) groups is 1. The number of nitrogens with one attached hydrogen (secondary N) is 2. The van der Waals surface area contributed by atoms with Crippen LogP contribution >= 0.6 is 35.6 Å². The summed E-state index contributed by atoms with van der Waals surface area (Å²) in [4.78, 5) is 4.22. The number of rotatable bonds is 11. The zero-order valence-corrected chi connectivity index (χ0v) is 17.6. The Balaban J connectivity index is 0.00000529. The van der Waals surface area contributed by atoms with Gasteiger partial charge in [-0.3, -0.25) is 4.99 Å². The predicted octanol–water partition coefficient (Wildman–Crippen LogP) is 3.11. The number of methoxy groups -OCH3 is 1. The van der Waals surface area contributed by atoms with Crippen LogP contribution in [0.15, 0.2) is 29.3 Å². The molecule has 0 bridgehead atoms. The molecule has 138 valence electrons. The van der Waals surface area contributed by atoms with E-state index in [4.69, 9.17) is 21.1 Å². The maximum absolute atomic E-state index is 5.98. The second-order valence-corrected chi connectivity index (χ2v) is 5.55. The summed E-state index contributed by atoms with van der Waals surface area (Å²) in [6.07, 6.45) is 2.98. The second kappa shape index (κ2) is 15.9. The number of guanidine groups is 1. The fourth-order valence-corrected chi connectivity index (χ4v) is 2.23. The average molecular weight is 470 g/mol. The molecule has 5 nitrogen and oxygen atoms in total. The van der Waals surface area contributed by atoms with Crippen LogP contribution in [0.3, 0.4) is 0 Å². The Hall–Kier alpha value is -0.570. The lowest BCUT2D eigenvalue weighted by molar-refractivity contribution is 0.0689. The Morgan fingerprint density at radius 2 is 1.92 bits per heavy atom. The topological polar surface area (TPSA) is 54.9 Å². The fraction of sp³-hybridized carbons (Fsp3) is 0.588. The van der Waals surface area contributed by atoms with Crippen molar-refractivity contribution in [2.24, 2.45) is 4.99 Å². The van der Waals surface area contributed by atoms with Gasteiger partial charge in [0.2, 0.25) is 0 Å². The number of hydrogen-bond acceptors (Lipinski definition) is 3. The minimum absolute atomic E-state index is 0. The molecule has 0 spiro atoms. The van der Waals surface area contributed by atoms with Gasteiger partial charge in [0.1, 0.15) is 0 Å². The molecular formula is C17H29ClIN3O2. The number of nitrogens with zero attached hydrogens (tertiary/aromatic N) is 1. The molecule has 0 unspecified atom stereocenters. The molecule has 0 amide bonds. The third kappa shape index (κ3) is 11.9. The van der Waals surface area contributed by atoms with Crippen molar-refractivity contribution in [3.8, 4) is 0 Å². The van der Waals surface area contributed by atoms with Gasteiger partial charge in [-0.05, 0) is 37.0 Å². The molecule has 0 aliphatic heterocycles. The monoisotopic (exact) mass is 469 g/mol. The van der Waals surface area contributed by atoms with E-state index in [1.165, 1.54) is 5.56 Å². The summed E-state index contributed by atoms with van der Waals surface area (Å²) < 4.78 is 10.3. The molecule has 1 aromatic rings. The van der Waals surface area contributed by atoms with Gasteiger partial charge in [0.15, 0.2) is 5.96 Å². The highest BCUT2D eigenvalue weighted by atomic mass is 127. The van der Waals surface area contributed by atoms with Gasteiger partial charge in [-0.2, -0.15) is 0 Å². The van der Waals surface area contributed by atoms with Gasteiger partial charge in [-0.15, -0.1) is 24.0 Å². The zero-order valence-electron chi connectivity index (χ0n) is 14.5. The molecule has 7 heteroatoms. The predicted molar refractivity (Wildman–Crippen MR) is 112 cm³/mol. The molecule has 24 heavy (non-hydrogen) atoms. The van der Waals surface area contributed by atoms with E-state index < -0.39 is 0 Å². The van der Waals surface area contributed by atoms with Crippen LogP contribution in [0.5, 0.6) is 0 Å². The summed E-state index contributed by atoms with van der Waals surface area (Å²) in [5.74, 6) is 0.826. The summed E-state index contributed by atoms with van der Waals surface area (Å²) >= 11 is 5.98. The third-order valence-electron chi connectivity index (χ3n) is 3.26. The molecule has 0 atom stereocenters. The summed E-state index contributed by atoms with van der Waals surface area (Å²) in [5.41, 5.74) is 1.22. The van der Waals surface area contributed by atoms with Crippen molar-refractivity contribution in [3.05, 3.63) is 34.9 Å². The number of hydrogen-bond donors (Lipinski definition) is 2. The van der Waals surface area contributed by atoms with E-state index >= 15 is 0 Å². The van der Waals surface area contributed by atoms with Crippen molar-refractivity contribution >= 4 is 41.5 Å². The molecule has 0 saturated carbocycles. The second-order valence-electron chi connectivity index (χ2n) is 5.12. The van der Waals surface area contributed by atoms with E-state index in [1.54, 1.807) is 14.2 Å². The van der Waals surface area contributed by atoms with Gasteiger partial charge in [0.05, 0.1) is 13.2 Å². The van der Waals surface area contributed by atoms with Crippen LogP contribution in [0, 0.1) is 0 Å². The lowest BCUT2D eigenvalue weighted by Crippen LogP contribution is -2.38. The van der Waals surface area contributed by atoms with Gasteiger partial charge in [0.25, 0.3) is 0 Å². The van der Waals surface area contributed by atoms with Gasteiger partial charge in [-0.1, -0.05) is 23.7 Å². The van der Waals surface area contributed by atoms with Crippen molar-refractivity contribution < 1.29 is 9.47 Å². The van der Waals surface area contributed by atoms with Crippen LogP contribution in [-0.2, 0) is 15.9 Å². The van der Waals surface area contributed by atoms with Crippen LogP contribution in [0.2, 0.25) is 5.02 Å². The Kier molecular flexibility index (Phi) is 15.6. The molecule has 0 aliphatic rings. The molecule has 0 fully saturated rings. The minimum Gasteiger partial charge on any atom is -0.382 e. The smallest absolute Gasteiger partial charge is 0.190 e. The zero-order chi connectivity index (χ0) is 16.8. The average Bonchev–Trinajstić information content (AvgIpc) is 2.55. The van der Waals surface area contributed by atoms with Crippen molar-refractivity contribution in [2.75, 3.05) is 47.1 Å². The van der Waals surface area contributed by atoms with Gasteiger partial charge < -0.3 is 20.1 Å². The van der Waals surface area contributed by atoms with E-state index in [-0.39, 0.29) is 24.0 Å². The highest BCUT2D eigenvalue weighted by Gasteiger charge is 1.98. The number of unbranched alkanes of at least 4 members (excludes halogenated alkanes) is 1. The maximum Gasteiger partial charge on any atom is 0.190 e. The van der Waals surface area contributed by atoms with E-state index in [9.17, 15) is 0 Å². The molecule has 1 aromatic carbocycles. The quantitative estimate of drug-likeness (QED) is 0.226. The summed E-state index contributed by atoms with van der Waals surface area (Å²) in [6.45, 7) is 3.79. The first-order valence-corrected chi connectivity index (χ1v) is 8.39. The van der Waals surface area contributed by atoms with Crippen molar-refractivity contribution in [3.63, 3.8) is 0 Å². The van der Waals surface area contributed by atoms with Crippen LogP contribution in [0.25, 0.3) is 0 Å². The number of ether oxygens (including phenoxy) is 2. The van der Waals surface area contributed by atoms with E-state index in [2.05, 4.69) is 21.7 Å². The van der Waals surface area contributed by atoms with Crippen molar-refractivity contribution in [1.29, 1.82) is 0 Å². The van der Waals surface area contributed by atoms with Crippen molar-refractivity contribution in [1.82, 2.24) is 10.6 Å². The van der Waals surface area contributed by atoms with E-state index in [0.29, 0.717) is 13.2 Å². The molecule has 2 N–H and O–H groups in total. The largest absolute Gasteiger partial charge is 0.382 e.